The lowest BCUT2D eigenvalue weighted by atomic mass is 10.0. The number of hydrogen-bond donors (Lipinski definition) is 1. The van der Waals surface area contributed by atoms with E-state index in [9.17, 15) is 14.7 Å². The SMILES string of the molecule is CC(=O)N1CCN(C(=O)CCc2ccccc2)CC(O)(Cn2ccnc2C)C1. The van der Waals surface area contributed by atoms with E-state index < -0.39 is 5.60 Å². The fourth-order valence-electron chi connectivity index (χ4n) is 3.68. The third-order valence-corrected chi connectivity index (χ3v) is 5.27. The number of carbonyl (C=O) groups is 2. The molecule has 0 saturated carbocycles. The van der Waals surface area contributed by atoms with Crippen LogP contribution in [0.5, 0.6) is 0 Å². The van der Waals surface area contributed by atoms with Gasteiger partial charge in [0.15, 0.2) is 0 Å². The van der Waals surface area contributed by atoms with Gasteiger partial charge in [0.25, 0.3) is 0 Å². The maximum absolute atomic E-state index is 12.9. The summed E-state index contributed by atoms with van der Waals surface area (Å²) in [5.41, 5.74) is -0.115. The van der Waals surface area contributed by atoms with Crippen LogP contribution in [0.25, 0.3) is 0 Å². The summed E-state index contributed by atoms with van der Waals surface area (Å²) in [6, 6.07) is 9.89. The van der Waals surface area contributed by atoms with Crippen molar-refractivity contribution in [3.63, 3.8) is 0 Å². The lowest BCUT2D eigenvalue weighted by molar-refractivity contribution is -0.134. The third kappa shape index (κ3) is 4.98. The van der Waals surface area contributed by atoms with Crippen LogP contribution in [0.4, 0.5) is 0 Å². The van der Waals surface area contributed by atoms with E-state index in [0.717, 1.165) is 11.4 Å². The second kappa shape index (κ2) is 8.56. The molecule has 7 nitrogen and oxygen atoms in total. The molecule has 2 amide bonds. The normalized spacial score (nSPS) is 20.1. The van der Waals surface area contributed by atoms with Gasteiger partial charge in [-0.25, -0.2) is 4.98 Å². The molecule has 0 spiro atoms. The molecule has 0 bridgehead atoms. The van der Waals surface area contributed by atoms with Crippen LogP contribution in [0.1, 0.15) is 24.7 Å². The lowest BCUT2D eigenvalue weighted by Crippen LogP contribution is -2.51. The predicted octanol–water partition coefficient (Wildman–Crippen LogP) is 1.25. The number of nitrogens with zero attached hydrogens (tertiary/aromatic N) is 4. The molecule has 28 heavy (non-hydrogen) atoms. The Labute approximate surface area is 165 Å². The van der Waals surface area contributed by atoms with E-state index in [4.69, 9.17) is 0 Å². The van der Waals surface area contributed by atoms with Crippen molar-refractivity contribution in [2.75, 3.05) is 26.2 Å². The van der Waals surface area contributed by atoms with E-state index in [1.807, 2.05) is 41.8 Å². The van der Waals surface area contributed by atoms with Crippen LogP contribution < -0.4 is 0 Å². The van der Waals surface area contributed by atoms with Crippen molar-refractivity contribution in [2.45, 2.75) is 38.8 Å². The average molecular weight is 384 g/mol. The summed E-state index contributed by atoms with van der Waals surface area (Å²) in [5.74, 6) is 0.684. The number of hydrogen-bond acceptors (Lipinski definition) is 4. The second-order valence-electron chi connectivity index (χ2n) is 7.57. The molecule has 1 aliphatic rings. The first-order valence-corrected chi connectivity index (χ1v) is 9.64. The van der Waals surface area contributed by atoms with Crippen LogP contribution >= 0.6 is 0 Å². The lowest BCUT2D eigenvalue weighted by Gasteiger charge is -2.33. The van der Waals surface area contributed by atoms with E-state index in [0.29, 0.717) is 25.9 Å². The van der Waals surface area contributed by atoms with E-state index in [1.165, 1.54) is 6.92 Å². The average Bonchev–Trinajstić information content (AvgIpc) is 2.97. The highest BCUT2D eigenvalue weighted by atomic mass is 16.3. The van der Waals surface area contributed by atoms with Crippen LogP contribution in [-0.2, 0) is 22.6 Å². The molecule has 1 fully saturated rings. The molecule has 0 radical (unpaired) electrons. The number of aromatic nitrogens is 2. The molecule has 0 aliphatic carbocycles. The topological polar surface area (TPSA) is 78.7 Å². The molecular formula is C21H28N4O3. The number of aryl methyl sites for hydroxylation is 2. The zero-order chi connectivity index (χ0) is 20.1. The van der Waals surface area contributed by atoms with Gasteiger partial charge in [0.1, 0.15) is 11.4 Å². The van der Waals surface area contributed by atoms with Gasteiger partial charge in [-0.05, 0) is 18.9 Å². The van der Waals surface area contributed by atoms with Crippen LogP contribution in [0.3, 0.4) is 0 Å². The molecule has 150 valence electrons. The summed E-state index contributed by atoms with van der Waals surface area (Å²) in [7, 11) is 0. The molecule has 1 aromatic heterocycles. The number of β-amino-alcohol motifs (C(OH)–C–C–N with tert-alkyl or cyclic N) is 1. The Morgan fingerprint density at radius 3 is 2.46 bits per heavy atom. The van der Waals surface area contributed by atoms with E-state index in [-0.39, 0.29) is 31.4 Å². The quantitative estimate of drug-likeness (QED) is 0.841. The molecule has 1 atom stereocenters. The van der Waals surface area contributed by atoms with Crippen molar-refractivity contribution < 1.29 is 14.7 Å². The molecule has 2 heterocycles. The van der Waals surface area contributed by atoms with Crippen molar-refractivity contribution in [3.8, 4) is 0 Å². The largest absolute Gasteiger partial charge is 0.384 e. The van der Waals surface area contributed by atoms with Gasteiger partial charge in [0.05, 0.1) is 19.6 Å². The second-order valence-corrected chi connectivity index (χ2v) is 7.57. The van der Waals surface area contributed by atoms with Gasteiger partial charge in [-0.3, -0.25) is 9.59 Å². The Morgan fingerprint density at radius 1 is 1.14 bits per heavy atom. The molecule has 1 N–H and O–H groups in total. The minimum absolute atomic E-state index is 0.00460. The first kappa shape index (κ1) is 20.1. The standard InChI is InChI=1S/C21H28N4O3/c1-17-22-10-11-23(17)14-21(28)15-24(18(2)26)12-13-25(16-21)20(27)9-8-19-6-4-3-5-7-19/h3-7,10-11,28H,8-9,12-16H2,1-2H3. The zero-order valence-electron chi connectivity index (χ0n) is 16.5. The van der Waals surface area contributed by atoms with E-state index in [1.54, 1.807) is 22.2 Å². The van der Waals surface area contributed by atoms with Gasteiger partial charge < -0.3 is 19.5 Å². The van der Waals surface area contributed by atoms with Crippen molar-refractivity contribution in [3.05, 3.63) is 54.1 Å². The summed E-state index contributed by atoms with van der Waals surface area (Å²) in [5, 5.41) is 11.3. The molecule has 2 aromatic rings. The van der Waals surface area contributed by atoms with E-state index >= 15 is 0 Å². The molecule has 1 unspecified atom stereocenters. The molecule has 1 aromatic carbocycles. The molecule has 3 rings (SSSR count). The summed E-state index contributed by atoms with van der Waals surface area (Å²) in [4.78, 5) is 32.4. The minimum atomic E-state index is -1.23. The minimum Gasteiger partial charge on any atom is -0.384 e. The maximum atomic E-state index is 12.9. The smallest absolute Gasteiger partial charge is 0.223 e. The van der Waals surface area contributed by atoms with Gasteiger partial charge in [-0.2, -0.15) is 0 Å². The summed E-state index contributed by atoms with van der Waals surface area (Å²) in [6.07, 6.45) is 4.52. The first-order chi connectivity index (χ1) is 13.4. The Morgan fingerprint density at radius 2 is 1.82 bits per heavy atom. The zero-order valence-corrected chi connectivity index (χ0v) is 16.5. The fraction of sp³-hybridized carbons (Fsp3) is 0.476. The van der Waals surface area contributed by atoms with E-state index in [2.05, 4.69) is 4.98 Å². The van der Waals surface area contributed by atoms with Crippen molar-refractivity contribution in [1.29, 1.82) is 0 Å². The van der Waals surface area contributed by atoms with Crippen LogP contribution in [0, 0.1) is 6.92 Å². The third-order valence-electron chi connectivity index (χ3n) is 5.27. The fourth-order valence-corrected chi connectivity index (χ4v) is 3.68. The van der Waals surface area contributed by atoms with Crippen molar-refractivity contribution in [1.82, 2.24) is 19.4 Å². The van der Waals surface area contributed by atoms with Crippen LogP contribution in [0.2, 0.25) is 0 Å². The number of imidazole rings is 1. The Bertz CT molecular complexity index is 820. The number of carbonyl (C=O) groups excluding carboxylic acids is 2. The van der Waals surface area contributed by atoms with Gasteiger partial charge >= 0.3 is 0 Å². The number of aliphatic hydroxyl groups is 1. The molecular weight excluding hydrogens is 356 g/mol. The molecule has 1 aliphatic heterocycles. The molecule has 7 heteroatoms. The van der Waals surface area contributed by atoms with Gasteiger partial charge in [0.2, 0.25) is 11.8 Å². The van der Waals surface area contributed by atoms with Gasteiger partial charge in [0, 0.05) is 38.8 Å². The first-order valence-electron chi connectivity index (χ1n) is 9.64. The van der Waals surface area contributed by atoms with Crippen molar-refractivity contribution >= 4 is 11.8 Å². The monoisotopic (exact) mass is 384 g/mol. The highest BCUT2D eigenvalue weighted by Crippen LogP contribution is 2.19. The number of rotatable bonds is 5. The maximum Gasteiger partial charge on any atom is 0.223 e. The van der Waals surface area contributed by atoms with Crippen molar-refractivity contribution in [2.24, 2.45) is 0 Å². The Hall–Kier alpha value is -2.67. The molecule has 1 saturated heterocycles. The van der Waals surface area contributed by atoms with Crippen LogP contribution in [-0.4, -0.2) is 68.1 Å². The van der Waals surface area contributed by atoms with Gasteiger partial charge in [-0.15, -0.1) is 0 Å². The van der Waals surface area contributed by atoms with Crippen LogP contribution in [0.15, 0.2) is 42.7 Å². The summed E-state index contributed by atoms with van der Waals surface area (Å²) < 4.78 is 1.86. The predicted molar refractivity (Wildman–Crippen MR) is 106 cm³/mol. The number of benzene rings is 1. The highest BCUT2D eigenvalue weighted by Gasteiger charge is 2.38. The number of amides is 2. The summed E-state index contributed by atoms with van der Waals surface area (Å²) >= 11 is 0. The Kier molecular flexibility index (Phi) is 6.14. The summed E-state index contributed by atoms with van der Waals surface area (Å²) in [6.45, 7) is 4.90. The Balaban J connectivity index is 1.73. The highest BCUT2D eigenvalue weighted by molar-refractivity contribution is 5.77. The van der Waals surface area contributed by atoms with Gasteiger partial charge in [-0.1, -0.05) is 30.3 Å².